The van der Waals surface area contributed by atoms with Gasteiger partial charge in [0.2, 0.25) is 0 Å². The second kappa shape index (κ2) is 6.84. The van der Waals surface area contributed by atoms with Gasteiger partial charge in [-0.15, -0.1) is 0 Å². The molecule has 0 bridgehead atoms. The Hall–Kier alpha value is -3.48. The molecule has 1 aliphatic heterocycles. The van der Waals surface area contributed by atoms with E-state index in [0.717, 1.165) is 17.6 Å². The van der Waals surface area contributed by atoms with Gasteiger partial charge in [-0.3, -0.25) is 4.79 Å². The number of carbonyl (C=O) groups is 1. The van der Waals surface area contributed by atoms with Gasteiger partial charge in [0.05, 0.1) is 12.3 Å². The Labute approximate surface area is 166 Å². The van der Waals surface area contributed by atoms with Crippen LogP contribution in [0.5, 0.6) is 0 Å². The van der Waals surface area contributed by atoms with Gasteiger partial charge in [0, 0.05) is 24.8 Å². The predicted molar refractivity (Wildman–Crippen MR) is 106 cm³/mol. The first-order valence-corrected chi connectivity index (χ1v) is 9.54. The molecule has 1 aromatic carbocycles. The monoisotopic (exact) mass is 390 g/mol. The summed E-state index contributed by atoms with van der Waals surface area (Å²) in [6.45, 7) is 2.77. The van der Waals surface area contributed by atoms with Crippen LogP contribution in [0.3, 0.4) is 0 Å². The Morgan fingerprint density at radius 2 is 2.14 bits per heavy atom. The lowest BCUT2D eigenvalue weighted by Gasteiger charge is -2.18. The number of benzene rings is 1. The highest BCUT2D eigenvalue weighted by molar-refractivity contribution is 5.94. The number of halogens is 1. The fourth-order valence-electron chi connectivity index (χ4n) is 3.90. The van der Waals surface area contributed by atoms with Crippen molar-refractivity contribution in [2.24, 2.45) is 0 Å². The molecule has 1 fully saturated rings. The maximum absolute atomic E-state index is 13.9. The molecule has 1 aliphatic rings. The summed E-state index contributed by atoms with van der Waals surface area (Å²) in [6, 6.07) is 12.1. The molecule has 29 heavy (non-hydrogen) atoms. The molecule has 6 nitrogen and oxygen atoms in total. The molecular weight excluding hydrogens is 371 g/mol. The lowest BCUT2D eigenvalue weighted by molar-refractivity contribution is 0.0787. The normalized spacial score (nSPS) is 16.6. The highest BCUT2D eigenvalue weighted by Gasteiger charge is 2.32. The number of hydrogen-bond acceptors (Lipinski definition) is 4. The number of aromatic nitrogens is 3. The third-order valence-electron chi connectivity index (χ3n) is 5.42. The minimum Gasteiger partial charge on any atom is -0.461 e. The van der Waals surface area contributed by atoms with Crippen LogP contribution >= 0.6 is 0 Å². The summed E-state index contributed by atoms with van der Waals surface area (Å²) in [6.07, 6.45) is 4.11. The summed E-state index contributed by atoms with van der Waals surface area (Å²) in [5.74, 6) is 0.831. The largest absolute Gasteiger partial charge is 0.461 e. The number of carbonyl (C=O) groups excluding carboxylic acids is 1. The fourth-order valence-corrected chi connectivity index (χ4v) is 3.90. The third kappa shape index (κ3) is 2.99. The Bertz CT molecular complexity index is 1200. The zero-order chi connectivity index (χ0) is 20.0. The molecule has 1 saturated heterocycles. The molecule has 0 unspecified atom stereocenters. The van der Waals surface area contributed by atoms with E-state index in [2.05, 4.69) is 9.55 Å². The van der Waals surface area contributed by atoms with Crippen molar-refractivity contribution in [3.63, 3.8) is 0 Å². The van der Waals surface area contributed by atoms with E-state index in [0.29, 0.717) is 35.8 Å². The van der Waals surface area contributed by atoms with Crippen LogP contribution in [0.2, 0.25) is 0 Å². The van der Waals surface area contributed by atoms with Gasteiger partial charge in [-0.25, -0.2) is 14.4 Å². The first-order chi connectivity index (χ1) is 14.1. The summed E-state index contributed by atoms with van der Waals surface area (Å²) in [7, 11) is 0. The van der Waals surface area contributed by atoms with Crippen molar-refractivity contribution in [2.45, 2.75) is 19.4 Å². The third-order valence-corrected chi connectivity index (χ3v) is 5.42. The van der Waals surface area contributed by atoms with Crippen molar-refractivity contribution in [1.29, 1.82) is 0 Å². The first kappa shape index (κ1) is 17.6. The maximum atomic E-state index is 13.9. The van der Waals surface area contributed by atoms with E-state index in [4.69, 9.17) is 9.40 Å². The Balaban J connectivity index is 1.48. The first-order valence-electron chi connectivity index (χ1n) is 9.54. The van der Waals surface area contributed by atoms with E-state index in [1.54, 1.807) is 36.4 Å². The van der Waals surface area contributed by atoms with E-state index < -0.39 is 0 Å². The van der Waals surface area contributed by atoms with E-state index in [1.165, 1.54) is 6.07 Å². The van der Waals surface area contributed by atoms with Crippen LogP contribution < -0.4 is 0 Å². The quantitative estimate of drug-likeness (QED) is 0.525. The zero-order valence-electron chi connectivity index (χ0n) is 15.9. The van der Waals surface area contributed by atoms with Crippen LogP contribution in [0.15, 0.2) is 59.3 Å². The van der Waals surface area contributed by atoms with E-state index in [9.17, 15) is 9.18 Å². The molecule has 0 aliphatic carbocycles. The average Bonchev–Trinajstić information content (AvgIpc) is 3.47. The number of aryl methyl sites for hydroxylation is 1. The van der Waals surface area contributed by atoms with Gasteiger partial charge in [-0.05, 0) is 55.3 Å². The van der Waals surface area contributed by atoms with Crippen molar-refractivity contribution in [3.05, 3.63) is 71.9 Å². The standard InChI is InChI=1S/C22H19FN4O2/c1-14-6-7-15(12-17(14)23)22(28)26-10-8-16(13-26)27-20-18(4-2-9-24-20)25-21(27)19-5-3-11-29-19/h2-7,9,11-12,16H,8,10,13H2,1H3/t16-/m0/s1. The van der Waals surface area contributed by atoms with Gasteiger partial charge in [-0.2, -0.15) is 0 Å². The highest BCUT2D eigenvalue weighted by Crippen LogP contribution is 2.32. The van der Waals surface area contributed by atoms with Crippen LogP contribution in [0.4, 0.5) is 4.39 Å². The average molecular weight is 390 g/mol. The predicted octanol–water partition coefficient (Wildman–Crippen LogP) is 4.23. The molecule has 146 valence electrons. The van der Waals surface area contributed by atoms with Crippen molar-refractivity contribution >= 4 is 17.1 Å². The lowest BCUT2D eigenvalue weighted by atomic mass is 10.1. The summed E-state index contributed by atoms with van der Waals surface area (Å²) < 4.78 is 21.5. The van der Waals surface area contributed by atoms with Crippen LogP contribution in [0.1, 0.15) is 28.4 Å². The number of fused-ring (bicyclic) bond motifs is 1. The van der Waals surface area contributed by atoms with Gasteiger partial charge in [0.1, 0.15) is 11.3 Å². The molecule has 4 aromatic rings. The summed E-state index contributed by atoms with van der Waals surface area (Å²) >= 11 is 0. The van der Waals surface area contributed by atoms with Crippen LogP contribution in [-0.2, 0) is 0 Å². The van der Waals surface area contributed by atoms with Crippen molar-refractivity contribution in [3.8, 4) is 11.6 Å². The molecule has 3 aromatic heterocycles. The second-order valence-corrected chi connectivity index (χ2v) is 7.29. The van der Waals surface area contributed by atoms with Gasteiger partial charge >= 0.3 is 0 Å². The zero-order valence-corrected chi connectivity index (χ0v) is 15.9. The topological polar surface area (TPSA) is 64.2 Å². The molecule has 0 saturated carbocycles. The molecule has 0 radical (unpaired) electrons. The second-order valence-electron chi connectivity index (χ2n) is 7.29. The minimum atomic E-state index is -0.364. The van der Waals surface area contributed by atoms with Gasteiger partial charge < -0.3 is 13.9 Å². The number of hydrogen-bond donors (Lipinski definition) is 0. The van der Waals surface area contributed by atoms with E-state index in [1.807, 2.05) is 24.3 Å². The number of rotatable bonds is 3. The molecule has 7 heteroatoms. The number of nitrogens with zero attached hydrogens (tertiary/aromatic N) is 4. The fraction of sp³-hybridized carbons (Fsp3) is 0.227. The summed E-state index contributed by atoms with van der Waals surface area (Å²) in [4.78, 5) is 23.9. The van der Waals surface area contributed by atoms with Gasteiger partial charge in [0.25, 0.3) is 5.91 Å². The number of amides is 1. The van der Waals surface area contributed by atoms with Gasteiger partial charge in [0.15, 0.2) is 17.2 Å². The number of likely N-dealkylation sites (tertiary alicyclic amines) is 1. The Kier molecular flexibility index (Phi) is 4.16. The molecule has 1 amide bonds. The highest BCUT2D eigenvalue weighted by atomic mass is 19.1. The van der Waals surface area contributed by atoms with Crippen LogP contribution in [0.25, 0.3) is 22.7 Å². The van der Waals surface area contributed by atoms with Gasteiger partial charge in [-0.1, -0.05) is 6.07 Å². The van der Waals surface area contributed by atoms with E-state index in [-0.39, 0.29) is 17.8 Å². The molecule has 0 N–H and O–H groups in total. The molecule has 1 atom stereocenters. The molecule has 0 spiro atoms. The summed E-state index contributed by atoms with van der Waals surface area (Å²) in [5.41, 5.74) is 2.44. The molecule has 5 rings (SSSR count). The minimum absolute atomic E-state index is 0.00856. The van der Waals surface area contributed by atoms with Crippen molar-refractivity contribution in [2.75, 3.05) is 13.1 Å². The lowest BCUT2D eigenvalue weighted by Crippen LogP contribution is -2.29. The molecular formula is C22H19FN4O2. The van der Waals surface area contributed by atoms with Crippen molar-refractivity contribution in [1.82, 2.24) is 19.4 Å². The molecule has 4 heterocycles. The number of pyridine rings is 1. The Morgan fingerprint density at radius 3 is 2.93 bits per heavy atom. The smallest absolute Gasteiger partial charge is 0.254 e. The van der Waals surface area contributed by atoms with Crippen molar-refractivity contribution < 1.29 is 13.6 Å². The Morgan fingerprint density at radius 1 is 1.24 bits per heavy atom. The van der Waals surface area contributed by atoms with Crippen LogP contribution in [-0.4, -0.2) is 38.4 Å². The van der Waals surface area contributed by atoms with E-state index >= 15 is 0 Å². The summed E-state index contributed by atoms with van der Waals surface area (Å²) in [5, 5.41) is 0. The van der Waals surface area contributed by atoms with Crippen LogP contribution in [0, 0.1) is 12.7 Å². The number of imidazole rings is 1. The SMILES string of the molecule is Cc1ccc(C(=O)N2CC[C@H](n3c(-c4ccco4)nc4cccnc43)C2)cc1F. The number of furan rings is 1. The maximum Gasteiger partial charge on any atom is 0.254 e.